The van der Waals surface area contributed by atoms with E-state index in [2.05, 4.69) is 30.6 Å². The summed E-state index contributed by atoms with van der Waals surface area (Å²) in [6.45, 7) is 0. The molecule has 0 aliphatic heterocycles. The molecule has 180 valence electrons. The number of nitrogens with zero attached hydrogens (tertiary/aromatic N) is 2. The van der Waals surface area contributed by atoms with Crippen molar-refractivity contribution in [2.24, 2.45) is 0 Å². The van der Waals surface area contributed by atoms with E-state index in [1.54, 1.807) is 36.7 Å². The topological polar surface area (TPSA) is 169 Å². The fourth-order valence-electron chi connectivity index (χ4n) is 3.17. The number of methoxy groups -OCH3 is 2. The Balaban J connectivity index is 0.00000204. The first-order valence-corrected chi connectivity index (χ1v) is 9.52. The van der Waals surface area contributed by atoms with Crippen molar-refractivity contribution in [2.75, 3.05) is 36.3 Å². The Labute approximate surface area is 207 Å². The summed E-state index contributed by atoms with van der Waals surface area (Å²) in [7, 11) is 3.04. The number of benzene rings is 2. The lowest BCUT2D eigenvalue weighted by Gasteiger charge is -2.14. The van der Waals surface area contributed by atoms with Gasteiger partial charge in [0.2, 0.25) is 0 Å². The van der Waals surface area contributed by atoms with Gasteiger partial charge in [0.1, 0.15) is 11.5 Å². The van der Waals surface area contributed by atoms with Crippen LogP contribution in [0.1, 0.15) is 0 Å². The highest BCUT2D eigenvalue weighted by molar-refractivity contribution is 6.02. The third-order valence-corrected chi connectivity index (χ3v) is 4.71. The minimum absolute atomic E-state index is 0. The molecule has 0 saturated carbocycles. The number of hydrogen-bond donors (Lipinski definition) is 6. The molecule has 0 saturated heterocycles. The Morgan fingerprint density at radius 3 is 1.53 bits per heavy atom. The van der Waals surface area contributed by atoms with Crippen LogP contribution in [-0.4, -0.2) is 40.2 Å². The van der Waals surface area contributed by atoms with Crippen molar-refractivity contribution in [3.8, 4) is 34.0 Å². The monoisotopic (exact) mass is 506 g/mol. The molecule has 4 aromatic rings. The third-order valence-electron chi connectivity index (χ3n) is 4.71. The van der Waals surface area contributed by atoms with E-state index >= 15 is 0 Å². The number of nitrogens with two attached hydrogens (primary N) is 2. The van der Waals surface area contributed by atoms with Crippen LogP contribution in [0.15, 0.2) is 48.8 Å². The molecule has 2 aromatic carbocycles. The zero-order valence-corrected chi connectivity index (χ0v) is 19.8. The molecule has 0 atom stereocenters. The zero-order chi connectivity index (χ0) is 22.7. The summed E-state index contributed by atoms with van der Waals surface area (Å²) < 4.78 is 10.8. The quantitative estimate of drug-likeness (QED) is 0.228. The van der Waals surface area contributed by atoms with Gasteiger partial charge >= 0.3 is 6.03 Å². The molecule has 2 amide bonds. The minimum Gasteiger partial charge on any atom is -0.495 e. The van der Waals surface area contributed by atoms with Crippen molar-refractivity contribution in [2.45, 2.75) is 0 Å². The Hall–Kier alpha value is -4.09. The van der Waals surface area contributed by atoms with E-state index in [1.165, 1.54) is 14.2 Å². The number of aromatic amines is 2. The van der Waals surface area contributed by atoms with Crippen LogP contribution in [0, 0.1) is 0 Å². The number of hydrogen-bond acceptors (Lipinski definition) is 7. The highest BCUT2D eigenvalue weighted by atomic mass is 35.5. The van der Waals surface area contributed by atoms with Crippen LogP contribution in [0.25, 0.3) is 22.5 Å². The van der Waals surface area contributed by atoms with Gasteiger partial charge in [-0.2, -0.15) is 0 Å². The number of halogens is 2. The van der Waals surface area contributed by atoms with E-state index in [4.69, 9.17) is 20.9 Å². The number of carbonyl (C=O) groups excluding carboxylic acids is 1. The number of nitrogen functional groups attached to an aromatic ring is 2. The van der Waals surface area contributed by atoms with Gasteiger partial charge in [0, 0.05) is 11.1 Å². The number of ether oxygens (including phenoxy) is 2. The van der Waals surface area contributed by atoms with Crippen LogP contribution >= 0.6 is 24.8 Å². The highest BCUT2D eigenvalue weighted by Gasteiger charge is 2.13. The number of carbonyl (C=O) groups is 1. The van der Waals surface area contributed by atoms with E-state index < -0.39 is 6.03 Å². The van der Waals surface area contributed by atoms with Gasteiger partial charge in [0.25, 0.3) is 0 Å². The smallest absolute Gasteiger partial charge is 0.323 e. The first-order chi connectivity index (χ1) is 15.5. The van der Waals surface area contributed by atoms with Gasteiger partial charge in [-0.3, -0.25) is 0 Å². The summed E-state index contributed by atoms with van der Waals surface area (Å²) in [5.74, 6) is 1.59. The van der Waals surface area contributed by atoms with E-state index in [0.29, 0.717) is 34.8 Å². The summed E-state index contributed by atoms with van der Waals surface area (Å²) in [4.78, 5) is 26.5. The number of amides is 2. The first-order valence-electron chi connectivity index (χ1n) is 9.52. The Kier molecular flexibility index (Phi) is 8.59. The SMILES string of the molecule is COc1cc(-c2cnc(N)[nH]2)ccc1NC(=O)Nc1ccc(-c2cnc(N)[nH]2)cc1OC.Cl.Cl. The maximum absolute atomic E-state index is 12.6. The average molecular weight is 507 g/mol. The number of imidazole rings is 2. The second-order valence-corrected chi connectivity index (χ2v) is 6.77. The molecule has 0 bridgehead atoms. The molecule has 13 heteroatoms. The molecule has 0 unspecified atom stereocenters. The van der Waals surface area contributed by atoms with Gasteiger partial charge in [0.05, 0.1) is 49.4 Å². The van der Waals surface area contributed by atoms with Gasteiger partial charge in [-0.25, -0.2) is 14.8 Å². The van der Waals surface area contributed by atoms with E-state index in [9.17, 15) is 4.79 Å². The number of anilines is 4. The number of rotatable bonds is 6. The van der Waals surface area contributed by atoms with Crippen LogP contribution in [0.4, 0.5) is 28.1 Å². The maximum atomic E-state index is 12.6. The molecular formula is C21H24Cl2N8O3. The Morgan fingerprint density at radius 1 is 0.794 bits per heavy atom. The number of urea groups is 1. The third kappa shape index (κ3) is 5.63. The molecule has 0 radical (unpaired) electrons. The summed E-state index contributed by atoms with van der Waals surface area (Å²) in [5.41, 5.74) is 15.4. The first kappa shape index (κ1) is 26.2. The summed E-state index contributed by atoms with van der Waals surface area (Å²) >= 11 is 0. The fraction of sp³-hybridized carbons (Fsp3) is 0.0952. The molecule has 0 aliphatic rings. The highest BCUT2D eigenvalue weighted by Crippen LogP contribution is 2.32. The maximum Gasteiger partial charge on any atom is 0.323 e. The standard InChI is InChI=1S/C21H22N8O3.2ClH/c1-31-17-7-11(15-9-24-19(22)26-15)3-5-13(17)28-21(30)29-14-6-4-12(8-18(14)32-2)16-10-25-20(23)27-16;;/h3-10H,1-2H3,(H3,22,24,26)(H3,23,25,27)(H2,28,29,30);2*1H. The van der Waals surface area contributed by atoms with Crippen LogP contribution in [0.2, 0.25) is 0 Å². The summed E-state index contributed by atoms with van der Waals surface area (Å²) in [6, 6.07) is 10.2. The van der Waals surface area contributed by atoms with Crippen molar-refractivity contribution in [3.05, 3.63) is 48.8 Å². The zero-order valence-electron chi connectivity index (χ0n) is 18.2. The molecule has 34 heavy (non-hydrogen) atoms. The summed E-state index contributed by atoms with van der Waals surface area (Å²) in [5, 5.41) is 5.56. The second kappa shape index (κ2) is 11.2. The van der Waals surface area contributed by atoms with Crippen molar-refractivity contribution >= 4 is 54.1 Å². The van der Waals surface area contributed by atoms with E-state index in [0.717, 1.165) is 22.5 Å². The van der Waals surface area contributed by atoms with Crippen molar-refractivity contribution in [3.63, 3.8) is 0 Å². The molecule has 0 aliphatic carbocycles. The lowest BCUT2D eigenvalue weighted by Crippen LogP contribution is -2.20. The van der Waals surface area contributed by atoms with Crippen molar-refractivity contribution in [1.29, 1.82) is 0 Å². The molecule has 2 heterocycles. The number of aromatic nitrogens is 4. The Morgan fingerprint density at radius 2 is 1.21 bits per heavy atom. The van der Waals surface area contributed by atoms with Crippen molar-refractivity contribution < 1.29 is 14.3 Å². The number of H-pyrrole nitrogens is 2. The predicted octanol–water partition coefficient (Wildman–Crippen LogP) is 4.14. The molecule has 2 aromatic heterocycles. The second-order valence-electron chi connectivity index (χ2n) is 6.77. The normalized spacial score (nSPS) is 9.94. The molecule has 11 nitrogen and oxygen atoms in total. The minimum atomic E-state index is -0.460. The molecule has 4 rings (SSSR count). The van der Waals surface area contributed by atoms with Crippen LogP contribution in [-0.2, 0) is 0 Å². The average Bonchev–Trinajstić information content (AvgIpc) is 3.42. The fourth-order valence-corrected chi connectivity index (χ4v) is 3.17. The largest absolute Gasteiger partial charge is 0.495 e. The van der Waals surface area contributed by atoms with Gasteiger partial charge in [-0.1, -0.05) is 12.1 Å². The predicted molar refractivity (Wildman–Crippen MR) is 137 cm³/mol. The van der Waals surface area contributed by atoms with Gasteiger partial charge < -0.3 is 41.5 Å². The Bertz CT molecular complexity index is 1180. The van der Waals surface area contributed by atoms with Crippen LogP contribution in [0.5, 0.6) is 11.5 Å². The molecule has 8 N–H and O–H groups in total. The van der Waals surface area contributed by atoms with Crippen molar-refractivity contribution in [1.82, 2.24) is 19.9 Å². The van der Waals surface area contributed by atoms with Crippen LogP contribution in [0.3, 0.4) is 0 Å². The van der Waals surface area contributed by atoms with Gasteiger partial charge in [-0.15, -0.1) is 24.8 Å². The lowest BCUT2D eigenvalue weighted by atomic mass is 10.1. The molecule has 0 fully saturated rings. The molecular weight excluding hydrogens is 483 g/mol. The molecule has 0 spiro atoms. The van der Waals surface area contributed by atoms with Gasteiger partial charge in [-0.05, 0) is 24.3 Å². The number of nitrogens with one attached hydrogen (secondary N) is 4. The van der Waals surface area contributed by atoms with Gasteiger partial charge in [0.15, 0.2) is 11.9 Å². The summed E-state index contributed by atoms with van der Waals surface area (Å²) in [6.07, 6.45) is 3.24. The van der Waals surface area contributed by atoms with E-state index in [1.807, 2.05) is 12.1 Å². The van der Waals surface area contributed by atoms with Crippen LogP contribution < -0.4 is 31.6 Å². The lowest BCUT2D eigenvalue weighted by molar-refractivity contribution is 0.262. The van der Waals surface area contributed by atoms with E-state index in [-0.39, 0.29) is 24.8 Å².